The van der Waals surface area contributed by atoms with Crippen LogP contribution in [0.15, 0.2) is 91.0 Å². The van der Waals surface area contributed by atoms with Crippen LogP contribution in [-0.2, 0) is 20.8 Å². The number of amides is 1. The summed E-state index contributed by atoms with van der Waals surface area (Å²) >= 11 is 0. The van der Waals surface area contributed by atoms with Crippen LogP contribution < -0.4 is 0 Å². The summed E-state index contributed by atoms with van der Waals surface area (Å²) in [4.78, 5) is 27.1. The second-order valence-corrected chi connectivity index (χ2v) is 11.8. The SMILES string of the molecule is CCOC(=O)c1cccc(-c2cccc(C3CCN(C(=O)OC(C)(C)C)CC3OCc3ccc4ccccc4c3)c2)c1. The lowest BCUT2D eigenvalue weighted by molar-refractivity contribution is -0.0359. The lowest BCUT2D eigenvalue weighted by Gasteiger charge is -2.39. The molecule has 218 valence electrons. The summed E-state index contributed by atoms with van der Waals surface area (Å²) < 4.78 is 17.5. The molecule has 4 aromatic carbocycles. The molecule has 0 bridgehead atoms. The van der Waals surface area contributed by atoms with Gasteiger partial charge in [0, 0.05) is 12.5 Å². The van der Waals surface area contributed by atoms with E-state index >= 15 is 0 Å². The van der Waals surface area contributed by atoms with Crippen molar-refractivity contribution in [3.8, 4) is 11.1 Å². The number of hydrogen-bond acceptors (Lipinski definition) is 5. The van der Waals surface area contributed by atoms with Gasteiger partial charge in [0.2, 0.25) is 0 Å². The van der Waals surface area contributed by atoms with Crippen molar-refractivity contribution in [1.29, 1.82) is 0 Å². The van der Waals surface area contributed by atoms with E-state index in [1.165, 1.54) is 10.8 Å². The molecule has 0 radical (unpaired) electrons. The minimum atomic E-state index is -0.568. The molecule has 2 atom stereocenters. The first kappa shape index (κ1) is 29.3. The third-order valence-corrected chi connectivity index (χ3v) is 7.51. The number of carbonyl (C=O) groups is 2. The molecule has 0 aliphatic carbocycles. The fourth-order valence-electron chi connectivity index (χ4n) is 5.48. The highest BCUT2D eigenvalue weighted by Gasteiger charge is 2.35. The number of rotatable bonds is 7. The van der Waals surface area contributed by atoms with Gasteiger partial charge in [-0.2, -0.15) is 0 Å². The smallest absolute Gasteiger partial charge is 0.410 e. The Kier molecular flexibility index (Phi) is 8.93. The standard InChI is InChI=1S/C36H39NO5/c1-5-40-34(38)31-15-9-13-29(22-31)28-12-8-14-30(21-28)32-18-19-37(35(39)42-36(2,3)4)23-33(32)41-24-25-16-17-26-10-6-7-11-27(26)20-25/h6-17,20-22,32-33H,5,18-19,23-24H2,1-4H3. The molecule has 0 spiro atoms. The summed E-state index contributed by atoms with van der Waals surface area (Å²) in [5.41, 5.74) is 4.15. The Morgan fingerprint density at radius 2 is 1.60 bits per heavy atom. The molecule has 0 saturated carbocycles. The third-order valence-electron chi connectivity index (χ3n) is 7.51. The van der Waals surface area contributed by atoms with Crippen molar-refractivity contribution in [2.75, 3.05) is 19.7 Å². The molecule has 6 nitrogen and oxygen atoms in total. The van der Waals surface area contributed by atoms with Crippen LogP contribution in [0, 0.1) is 0 Å². The van der Waals surface area contributed by atoms with Crippen LogP contribution in [0.25, 0.3) is 21.9 Å². The van der Waals surface area contributed by atoms with E-state index in [2.05, 4.69) is 48.5 Å². The summed E-state index contributed by atoms with van der Waals surface area (Å²) in [6.45, 7) is 9.25. The Balaban J connectivity index is 1.40. The first-order valence-electron chi connectivity index (χ1n) is 14.6. The number of nitrogens with zero attached hydrogens (tertiary/aromatic N) is 1. The monoisotopic (exact) mass is 565 g/mol. The van der Waals surface area contributed by atoms with Crippen LogP contribution >= 0.6 is 0 Å². The van der Waals surface area contributed by atoms with Gasteiger partial charge in [-0.05, 0) is 85.3 Å². The van der Waals surface area contributed by atoms with Crippen LogP contribution in [0.4, 0.5) is 4.79 Å². The fourth-order valence-corrected chi connectivity index (χ4v) is 5.48. The van der Waals surface area contributed by atoms with Crippen molar-refractivity contribution in [2.45, 2.75) is 58.3 Å². The van der Waals surface area contributed by atoms with Gasteiger partial charge < -0.3 is 19.1 Å². The highest BCUT2D eigenvalue weighted by Crippen LogP contribution is 2.34. The average Bonchev–Trinajstić information content (AvgIpc) is 2.99. The zero-order valence-electron chi connectivity index (χ0n) is 24.8. The predicted octanol–water partition coefficient (Wildman–Crippen LogP) is 7.99. The van der Waals surface area contributed by atoms with Gasteiger partial charge in [-0.1, -0.05) is 72.8 Å². The van der Waals surface area contributed by atoms with Gasteiger partial charge in [0.15, 0.2) is 0 Å². The minimum Gasteiger partial charge on any atom is -0.462 e. The van der Waals surface area contributed by atoms with Gasteiger partial charge in [-0.25, -0.2) is 9.59 Å². The molecule has 1 fully saturated rings. The molecule has 0 N–H and O–H groups in total. The maximum Gasteiger partial charge on any atom is 0.410 e. The quantitative estimate of drug-likeness (QED) is 0.213. The highest BCUT2D eigenvalue weighted by atomic mass is 16.6. The van der Waals surface area contributed by atoms with Gasteiger partial charge in [0.1, 0.15) is 5.60 Å². The summed E-state index contributed by atoms with van der Waals surface area (Å²) in [7, 11) is 0. The van der Waals surface area contributed by atoms with Crippen LogP contribution in [0.1, 0.15) is 61.5 Å². The zero-order chi connectivity index (χ0) is 29.7. The van der Waals surface area contributed by atoms with Gasteiger partial charge >= 0.3 is 12.1 Å². The molecule has 1 aliphatic rings. The van der Waals surface area contributed by atoms with E-state index in [9.17, 15) is 9.59 Å². The summed E-state index contributed by atoms with van der Waals surface area (Å²) in [6, 6.07) is 30.6. The van der Waals surface area contributed by atoms with Crippen LogP contribution in [0.5, 0.6) is 0 Å². The number of hydrogen-bond donors (Lipinski definition) is 0. The van der Waals surface area contributed by atoms with Crippen LogP contribution in [-0.4, -0.2) is 48.4 Å². The van der Waals surface area contributed by atoms with Crippen molar-refractivity contribution in [3.05, 3.63) is 108 Å². The molecule has 2 unspecified atom stereocenters. The van der Waals surface area contributed by atoms with Gasteiger partial charge in [0.05, 0.1) is 31.4 Å². The molecular weight excluding hydrogens is 526 g/mol. The van der Waals surface area contributed by atoms with Gasteiger partial charge in [0.25, 0.3) is 0 Å². The Bertz CT molecular complexity index is 1560. The highest BCUT2D eigenvalue weighted by molar-refractivity contribution is 5.91. The predicted molar refractivity (Wildman–Crippen MR) is 166 cm³/mol. The zero-order valence-corrected chi connectivity index (χ0v) is 24.8. The molecule has 1 amide bonds. The molecule has 4 aromatic rings. The Labute approximate surface area is 248 Å². The van der Waals surface area contributed by atoms with Crippen molar-refractivity contribution in [2.24, 2.45) is 0 Å². The van der Waals surface area contributed by atoms with Crippen molar-refractivity contribution >= 4 is 22.8 Å². The van der Waals surface area contributed by atoms with E-state index in [-0.39, 0.29) is 24.1 Å². The van der Waals surface area contributed by atoms with E-state index in [4.69, 9.17) is 14.2 Å². The van der Waals surface area contributed by atoms with Crippen molar-refractivity contribution in [3.63, 3.8) is 0 Å². The van der Waals surface area contributed by atoms with E-state index in [1.807, 2.05) is 57.2 Å². The van der Waals surface area contributed by atoms with E-state index < -0.39 is 5.60 Å². The van der Waals surface area contributed by atoms with E-state index in [1.54, 1.807) is 17.9 Å². The average molecular weight is 566 g/mol. The van der Waals surface area contributed by atoms with Crippen molar-refractivity contribution < 1.29 is 23.8 Å². The summed E-state index contributed by atoms with van der Waals surface area (Å²) in [5, 5.41) is 2.36. The second kappa shape index (κ2) is 12.8. The van der Waals surface area contributed by atoms with Crippen LogP contribution in [0.3, 0.4) is 0 Å². The number of likely N-dealkylation sites (tertiary alicyclic amines) is 1. The maximum atomic E-state index is 13.0. The lowest BCUT2D eigenvalue weighted by atomic mass is 9.85. The number of benzene rings is 4. The normalized spacial score (nSPS) is 17.2. The first-order valence-corrected chi connectivity index (χ1v) is 14.6. The number of carbonyl (C=O) groups excluding carboxylic acids is 2. The number of piperidine rings is 1. The largest absolute Gasteiger partial charge is 0.462 e. The lowest BCUT2D eigenvalue weighted by Crippen LogP contribution is -2.48. The molecule has 0 aromatic heterocycles. The maximum absolute atomic E-state index is 13.0. The fraction of sp³-hybridized carbons (Fsp3) is 0.333. The number of esters is 1. The first-order chi connectivity index (χ1) is 20.2. The Morgan fingerprint density at radius 3 is 2.36 bits per heavy atom. The minimum absolute atomic E-state index is 0.0809. The topological polar surface area (TPSA) is 65.1 Å². The molecule has 1 saturated heterocycles. The summed E-state index contributed by atoms with van der Waals surface area (Å²) in [6.07, 6.45) is 0.206. The van der Waals surface area contributed by atoms with Gasteiger partial charge in [-0.3, -0.25) is 0 Å². The molecule has 1 heterocycles. The molecule has 42 heavy (non-hydrogen) atoms. The molecular formula is C36H39NO5. The van der Waals surface area contributed by atoms with E-state index in [0.29, 0.717) is 31.9 Å². The van der Waals surface area contributed by atoms with E-state index in [0.717, 1.165) is 28.7 Å². The number of ether oxygens (including phenoxy) is 3. The Hall–Kier alpha value is -4.16. The summed E-state index contributed by atoms with van der Waals surface area (Å²) in [5.74, 6) is -0.246. The molecule has 1 aliphatic heterocycles. The van der Waals surface area contributed by atoms with Gasteiger partial charge in [-0.15, -0.1) is 0 Å². The second-order valence-electron chi connectivity index (χ2n) is 11.8. The Morgan fingerprint density at radius 1 is 0.857 bits per heavy atom. The third kappa shape index (κ3) is 7.18. The molecule has 5 rings (SSSR count). The molecule has 6 heteroatoms. The number of fused-ring (bicyclic) bond motifs is 1. The van der Waals surface area contributed by atoms with Crippen LogP contribution in [0.2, 0.25) is 0 Å². The van der Waals surface area contributed by atoms with Crippen molar-refractivity contribution in [1.82, 2.24) is 4.90 Å².